The number of likely N-dealkylation sites (tertiary alicyclic amines) is 1. The van der Waals surface area contributed by atoms with Crippen molar-refractivity contribution in [3.63, 3.8) is 0 Å². The minimum absolute atomic E-state index is 0. The smallest absolute Gasteiger partial charge is 0.252 e. The van der Waals surface area contributed by atoms with Gasteiger partial charge in [-0.3, -0.25) is 9.69 Å². The number of amides is 1. The third-order valence-electron chi connectivity index (χ3n) is 6.38. The summed E-state index contributed by atoms with van der Waals surface area (Å²) in [4.78, 5) is 20.6. The molecule has 0 bridgehead atoms. The van der Waals surface area contributed by atoms with Crippen molar-refractivity contribution in [2.45, 2.75) is 38.6 Å². The molecule has 8 heteroatoms. The van der Waals surface area contributed by atoms with Gasteiger partial charge in [-0.1, -0.05) is 12.1 Å². The van der Waals surface area contributed by atoms with Crippen LogP contribution in [0.2, 0.25) is 0 Å². The van der Waals surface area contributed by atoms with Gasteiger partial charge in [-0.05, 0) is 67.9 Å². The van der Waals surface area contributed by atoms with Gasteiger partial charge in [0.2, 0.25) is 0 Å². The number of H-pyrrole nitrogens is 1. The van der Waals surface area contributed by atoms with Crippen molar-refractivity contribution in [1.29, 1.82) is 0 Å². The molecule has 1 amide bonds. The molecule has 0 atom stereocenters. The van der Waals surface area contributed by atoms with Gasteiger partial charge in [-0.15, -0.1) is 24.8 Å². The second-order valence-corrected chi connectivity index (χ2v) is 9.21. The zero-order valence-corrected chi connectivity index (χ0v) is 20.7. The van der Waals surface area contributed by atoms with Crippen LogP contribution in [-0.2, 0) is 19.6 Å². The van der Waals surface area contributed by atoms with E-state index in [0.717, 1.165) is 72.3 Å². The number of carbonyl (C=O) groups is 1. The Labute approximate surface area is 207 Å². The lowest BCUT2D eigenvalue weighted by Gasteiger charge is -2.29. The Morgan fingerprint density at radius 3 is 2.55 bits per heavy atom. The van der Waals surface area contributed by atoms with E-state index < -0.39 is 0 Å². The van der Waals surface area contributed by atoms with Gasteiger partial charge in [-0.25, -0.2) is 0 Å². The first kappa shape index (κ1) is 25.5. The average Bonchev–Trinajstić information content (AvgIpc) is 3.32. The fourth-order valence-corrected chi connectivity index (χ4v) is 4.87. The molecule has 3 N–H and O–H groups in total. The Balaban J connectivity index is 0.00000153. The van der Waals surface area contributed by atoms with E-state index in [-0.39, 0.29) is 36.8 Å². The zero-order valence-electron chi connectivity index (χ0n) is 19.1. The van der Waals surface area contributed by atoms with Gasteiger partial charge in [0.15, 0.2) is 0 Å². The summed E-state index contributed by atoms with van der Waals surface area (Å²) in [6.07, 6.45) is 1.56. The van der Waals surface area contributed by atoms with Gasteiger partial charge >= 0.3 is 0 Å². The molecule has 1 fully saturated rings. The van der Waals surface area contributed by atoms with Crippen LogP contribution < -0.4 is 5.32 Å². The number of aromatic amines is 1. The summed E-state index contributed by atoms with van der Waals surface area (Å²) in [5.41, 5.74) is 7.40. The maximum atomic E-state index is 12.5. The van der Waals surface area contributed by atoms with Crippen LogP contribution >= 0.6 is 24.8 Å². The molecule has 2 aliphatic rings. The van der Waals surface area contributed by atoms with Gasteiger partial charge in [0.25, 0.3) is 5.91 Å². The molecule has 1 saturated heterocycles. The first-order valence-electron chi connectivity index (χ1n) is 11.1. The third-order valence-corrected chi connectivity index (χ3v) is 6.38. The van der Waals surface area contributed by atoms with E-state index in [4.69, 9.17) is 0 Å². The number of aliphatic hydroxyl groups is 1. The lowest BCUT2D eigenvalue weighted by atomic mass is 9.96. The van der Waals surface area contributed by atoms with Crippen LogP contribution in [0.15, 0.2) is 36.4 Å². The molecular formula is C25H32Cl2N4O2. The van der Waals surface area contributed by atoms with Crippen molar-refractivity contribution in [1.82, 2.24) is 20.1 Å². The summed E-state index contributed by atoms with van der Waals surface area (Å²) in [6, 6.07) is 13.0. The van der Waals surface area contributed by atoms with Crippen LogP contribution in [-0.4, -0.2) is 59.1 Å². The Kier molecular flexibility index (Phi) is 8.08. The number of carbonyl (C=O) groups excluding carboxylic acids is 1. The van der Waals surface area contributed by atoms with Gasteiger partial charge in [-0.2, -0.15) is 0 Å². The third kappa shape index (κ3) is 5.36. The van der Waals surface area contributed by atoms with Gasteiger partial charge < -0.3 is 20.3 Å². The highest BCUT2D eigenvalue weighted by molar-refractivity contribution is 6.05. The number of piperidine rings is 1. The number of aliphatic hydroxyl groups excluding tert-OH is 1. The van der Waals surface area contributed by atoms with E-state index in [9.17, 15) is 9.90 Å². The lowest BCUT2D eigenvalue weighted by Crippen LogP contribution is -2.35. The molecule has 178 valence electrons. The molecule has 0 spiro atoms. The zero-order chi connectivity index (χ0) is 21.5. The van der Waals surface area contributed by atoms with Crippen LogP contribution in [0.5, 0.6) is 0 Å². The van der Waals surface area contributed by atoms with Crippen molar-refractivity contribution in [2.24, 2.45) is 0 Å². The number of nitrogens with one attached hydrogen (secondary N) is 2. The second-order valence-electron chi connectivity index (χ2n) is 9.21. The van der Waals surface area contributed by atoms with E-state index in [1.807, 2.05) is 0 Å². The average molecular weight is 491 g/mol. The van der Waals surface area contributed by atoms with E-state index in [2.05, 4.69) is 70.6 Å². The summed E-state index contributed by atoms with van der Waals surface area (Å²) in [7, 11) is 4.12. The number of rotatable bonds is 5. The number of benzene rings is 2. The first-order valence-corrected chi connectivity index (χ1v) is 11.1. The molecule has 0 aliphatic carbocycles. The molecule has 2 aromatic carbocycles. The number of hydrogen-bond acceptors (Lipinski definition) is 4. The number of hydrogen-bond donors (Lipinski definition) is 3. The van der Waals surface area contributed by atoms with Crippen LogP contribution in [0.25, 0.3) is 22.2 Å². The summed E-state index contributed by atoms with van der Waals surface area (Å²) in [6.45, 7) is 4.22. The molecule has 33 heavy (non-hydrogen) atoms. The monoisotopic (exact) mass is 490 g/mol. The number of halogens is 2. The van der Waals surface area contributed by atoms with E-state index in [1.54, 1.807) is 0 Å². The molecule has 0 saturated carbocycles. The normalized spacial score (nSPS) is 16.4. The highest BCUT2D eigenvalue weighted by Crippen LogP contribution is 2.33. The van der Waals surface area contributed by atoms with Crippen LogP contribution in [0.3, 0.4) is 0 Å². The second kappa shape index (κ2) is 10.5. The Morgan fingerprint density at radius 1 is 1.06 bits per heavy atom. The van der Waals surface area contributed by atoms with Crippen LogP contribution in [0, 0.1) is 0 Å². The molecule has 0 radical (unpaired) electrons. The highest BCUT2D eigenvalue weighted by atomic mass is 35.5. The molecule has 3 heterocycles. The van der Waals surface area contributed by atoms with Gasteiger partial charge in [0.1, 0.15) is 0 Å². The van der Waals surface area contributed by atoms with E-state index in [0.29, 0.717) is 6.54 Å². The number of nitrogens with zero attached hydrogens (tertiary/aromatic N) is 2. The highest BCUT2D eigenvalue weighted by Gasteiger charge is 2.25. The molecule has 5 rings (SSSR count). The molecule has 0 unspecified atom stereocenters. The Hall–Kier alpha value is -2.09. The van der Waals surface area contributed by atoms with Crippen molar-refractivity contribution >= 4 is 41.6 Å². The summed E-state index contributed by atoms with van der Waals surface area (Å²) in [5, 5.41) is 13.9. The van der Waals surface area contributed by atoms with Crippen molar-refractivity contribution in [3.8, 4) is 11.3 Å². The van der Waals surface area contributed by atoms with Crippen LogP contribution in [0.1, 0.15) is 39.9 Å². The molecule has 1 aromatic heterocycles. The first-order chi connectivity index (χ1) is 15.0. The summed E-state index contributed by atoms with van der Waals surface area (Å²) < 4.78 is 0. The number of fused-ring (bicyclic) bond motifs is 2. The predicted molar refractivity (Wildman–Crippen MR) is 137 cm³/mol. The summed E-state index contributed by atoms with van der Waals surface area (Å²) in [5.74, 6) is 0.00744. The maximum absolute atomic E-state index is 12.5. The summed E-state index contributed by atoms with van der Waals surface area (Å²) >= 11 is 0. The minimum Gasteiger partial charge on any atom is -0.393 e. The van der Waals surface area contributed by atoms with Gasteiger partial charge in [0, 0.05) is 54.9 Å². The van der Waals surface area contributed by atoms with Crippen LogP contribution in [0.4, 0.5) is 0 Å². The lowest BCUT2D eigenvalue weighted by molar-refractivity contribution is 0.0792. The fraction of sp³-hybridized carbons (Fsp3) is 0.400. The van der Waals surface area contributed by atoms with Crippen molar-refractivity contribution < 1.29 is 9.90 Å². The topological polar surface area (TPSA) is 71.6 Å². The quantitative estimate of drug-likeness (QED) is 0.506. The largest absolute Gasteiger partial charge is 0.393 e. The molecular weight excluding hydrogens is 459 g/mol. The van der Waals surface area contributed by atoms with E-state index >= 15 is 0 Å². The molecule has 6 nitrogen and oxygen atoms in total. The molecule has 3 aromatic rings. The SMILES string of the molecule is CN(C)Cc1cc2c(c(-c3cc4cc(CN5CCC(O)CC5)ccc4[nH]3)c1)C(=O)NC2.Cl.Cl. The standard InChI is InChI=1S/C25H30N4O2.2ClH/c1-28(2)14-17-10-19-13-26-25(31)24(19)21(11-17)23-12-18-9-16(3-4-22(18)27-23)15-29-7-5-20(30)6-8-29;;/h3-4,9-12,20,27,30H,5-8,13-15H2,1-2H3,(H,26,31);2*1H. The Bertz CT molecular complexity index is 1140. The Morgan fingerprint density at radius 2 is 1.82 bits per heavy atom. The minimum atomic E-state index is -0.145. The fourth-order valence-electron chi connectivity index (χ4n) is 4.87. The predicted octanol–water partition coefficient (Wildman–Crippen LogP) is 3.94. The molecule has 2 aliphatic heterocycles. The van der Waals surface area contributed by atoms with Gasteiger partial charge in [0.05, 0.1) is 11.7 Å². The maximum Gasteiger partial charge on any atom is 0.252 e. The van der Waals surface area contributed by atoms with E-state index in [1.165, 1.54) is 11.1 Å². The van der Waals surface area contributed by atoms with Crippen molar-refractivity contribution in [2.75, 3.05) is 27.2 Å². The van der Waals surface area contributed by atoms with Crippen molar-refractivity contribution in [3.05, 3.63) is 58.7 Å². The number of aromatic nitrogens is 1.